The minimum absolute atomic E-state index is 0.0289. The summed E-state index contributed by atoms with van der Waals surface area (Å²) in [6.07, 6.45) is 1.37. The maximum atomic E-state index is 12.2. The summed E-state index contributed by atoms with van der Waals surface area (Å²) in [6, 6.07) is 7.32. The highest BCUT2D eigenvalue weighted by Crippen LogP contribution is 2.25. The third kappa shape index (κ3) is 4.02. The molecule has 22 heavy (non-hydrogen) atoms. The van der Waals surface area contributed by atoms with Crippen molar-refractivity contribution in [2.24, 2.45) is 4.99 Å². The molecule has 0 spiro atoms. The van der Waals surface area contributed by atoms with Crippen molar-refractivity contribution in [2.75, 3.05) is 24.7 Å². The molecule has 1 aromatic carbocycles. The molecule has 1 aliphatic heterocycles. The zero-order valence-electron chi connectivity index (χ0n) is 12.3. The molecule has 0 bridgehead atoms. The number of hydrogen-bond donors (Lipinski definition) is 2. The van der Waals surface area contributed by atoms with Crippen LogP contribution in [0.2, 0.25) is 0 Å². The minimum Gasteiger partial charge on any atom is -0.495 e. The van der Waals surface area contributed by atoms with Crippen LogP contribution in [0.1, 0.15) is 5.56 Å². The minimum atomic E-state index is -0.498. The van der Waals surface area contributed by atoms with Crippen molar-refractivity contribution < 1.29 is 9.53 Å². The van der Waals surface area contributed by atoms with Crippen molar-refractivity contribution in [1.29, 1.82) is 5.26 Å². The quantitative estimate of drug-likeness (QED) is 0.656. The van der Waals surface area contributed by atoms with Gasteiger partial charge in [-0.25, -0.2) is 0 Å². The number of amidine groups is 1. The molecule has 114 valence electrons. The van der Waals surface area contributed by atoms with Gasteiger partial charge in [0.05, 0.1) is 19.3 Å². The van der Waals surface area contributed by atoms with E-state index in [0.29, 0.717) is 16.6 Å². The fourth-order valence-electron chi connectivity index (χ4n) is 1.81. The van der Waals surface area contributed by atoms with Gasteiger partial charge in [-0.05, 0) is 24.6 Å². The summed E-state index contributed by atoms with van der Waals surface area (Å²) in [5.41, 5.74) is 1.48. The molecule has 1 aliphatic rings. The SMILES string of the molecule is COc1ccc(C)cc1NC(=O)/C(C#N)=C\NC1=NCCS1. The molecule has 7 heteroatoms. The monoisotopic (exact) mass is 316 g/mol. The number of amides is 1. The lowest BCUT2D eigenvalue weighted by molar-refractivity contribution is -0.112. The Morgan fingerprint density at radius 2 is 2.36 bits per heavy atom. The molecule has 0 fully saturated rings. The molecule has 2 rings (SSSR count). The maximum Gasteiger partial charge on any atom is 0.267 e. The van der Waals surface area contributed by atoms with Gasteiger partial charge >= 0.3 is 0 Å². The second kappa shape index (κ2) is 7.52. The Hall–Kier alpha value is -2.46. The molecule has 0 aromatic heterocycles. The molecular weight excluding hydrogens is 300 g/mol. The van der Waals surface area contributed by atoms with Gasteiger partial charge in [-0.1, -0.05) is 17.8 Å². The van der Waals surface area contributed by atoms with Crippen molar-refractivity contribution in [3.8, 4) is 11.8 Å². The second-order valence-corrected chi connectivity index (χ2v) is 5.59. The van der Waals surface area contributed by atoms with Gasteiger partial charge in [-0.2, -0.15) is 5.26 Å². The summed E-state index contributed by atoms with van der Waals surface area (Å²) in [5, 5.41) is 15.4. The Balaban J connectivity index is 2.11. The number of nitrogens with zero attached hydrogens (tertiary/aromatic N) is 2. The van der Waals surface area contributed by atoms with E-state index in [1.54, 1.807) is 23.9 Å². The number of aryl methyl sites for hydroxylation is 1. The molecule has 6 nitrogen and oxygen atoms in total. The Morgan fingerprint density at radius 3 is 3.00 bits per heavy atom. The van der Waals surface area contributed by atoms with E-state index in [9.17, 15) is 4.79 Å². The average Bonchev–Trinajstić information content (AvgIpc) is 3.01. The summed E-state index contributed by atoms with van der Waals surface area (Å²) in [7, 11) is 1.53. The lowest BCUT2D eigenvalue weighted by atomic mass is 10.2. The van der Waals surface area contributed by atoms with Crippen LogP contribution in [-0.4, -0.2) is 30.5 Å². The van der Waals surface area contributed by atoms with Crippen molar-refractivity contribution in [1.82, 2.24) is 5.32 Å². The average molecular weight is 316 g/mol. The van der Waals surface area contributed by atoms with Crippen LogP contribution in [0.4, 0.5) is 5.69 Å². The van der Waals surface area contributed by atoms with Crippen molar-refractivity contribution in [3.63, 3.8) is 0 Å². The van der Waals surface area contributed by atoms with Gasteiger partial charge in [-0.15, -0.1) is 0 Å². The first kappa shape index (κ1) is 15.9. The highest BCUT2D eigenvalue weighted by molar-refractivity contribution is 8.14. The molecule has 0 saturated heterocycles. The first-order valence-electron chi connectivity index (χ1n) is 6.64. The Morgan fingerprint density at radius 1 is 1.55 bits per heavy atom. The number of rotatable bonds is 4. The smallest absolute Gasteiger partial charge is 0.267 e. The molecule has 1 aromatic rings. The van der Waals surface area contributed by atoms with Crippen molar-refractivity contribution in [3.05, 3.63) is 35.5 Å². The number of nitriles is 1. The van der Waals surface area contributed by atoms with Crippen LogP contribution >= 0.6 is 11.8 Å². The zero-order valence-corrected chi connectivity index (χ0v) is 13.2. The fraction of sp³-hybridized carbons (Fsp3) is 0.267. The summed E-state index contributed by atoms with van der Waals surface area (Å²) in [6.45, 7) is 2.66. The van der Waals surface area contributed by atoms with Crippen LogP contribution in [0, 0.1) is 18.3 Å². The lowest BCUT2D eigenvalue weighted by Gasteiger charge is -2.10. The molecule has 0 unspecified atom stereocenters. The highest BCUT2D eigenvalue weighted by Gasteiger charge is 2.13. The van der Waals surface area contributed by atoms with E-state index in [1.165, 1.54) is 13.3 Å². The number of anilines is 1. The summed E-state index contributed by atoms with van der Waals surface area (Å²) < 4.78 is 5.20. The highest BCUT2D eigenvalue weighted by atomic mass is 32.2. The number of benzene rings is 1. The van der Waals surface area contributed by atoms with E-state index in [4.69, 9.17) is 10.00 Å². The molecular formula is C15H16N4O2S. The summed E-state index contributed by atoms with van der Waals surface area (Å²) in [5.74, 6) is 0.951. The van der Waals surface area contributed by atoms with Crippen LogP contribution in [0.15, 0.2) is 35.0 Å². The standard InChI is InChI=1S/C15H16N4O2S/c1-10-3-4-13(21-2)12(7-10)19-14(20)11(8-16)9-18-15-17-5-6-22-15/h3-4,7,9H,5-6H2,1-2H3,(H,17,18)(H,19,20)/b11-9-. The molecule has 1 heterocycles. The van der Waals surface area contributed by atoms with Crippen LogP contribution in [0.3, 0.4) is 0 Å². The summed E-state index contributed by atoms with van der Waals surface area (Å²) >= 11 is 1.55. The number of aliphatic imine (C=N–C) groups is 1. The van der Waals surface area contributed by atoms with Crippen LogP contribution in [0.25, 0.3) is 0 Å². The van der Waals surface area contributed by atoms with Gasteiger partial charge < -0.3 is 15.4 Å². The first-order chi connectivity index (χ1) is 10.6. The topological polar surface area (TPSA) is 86.5 Å². The number of ether oxygens (including phenoxy) is 1. The first-order valence-corrected chi connectivity index (χ1v) is 7.62. The van der Waals surface area contributed by atoms with E-state index >= 15 is 0 Å². The predicted octanol–water partition coefficient (Wildman–Crippen LogP) is 2.04. The predicted molar refractivity (Wildman–Crippen MR) is 88.0 cm³/mol. The molecule has 2 N–H and O–H groups in total. The number of nitrogens with one attached hydrogen (secondary N) is 2. The van der Waals surface area contributed by atoms with Gasteiger partial charge in [0.1, 0.15) is 17.4 Å². The third-order valence-corrected chi connectivity index (χ3v) is 3.80. The normalized spacial score (nSPS) is 14.0. The van der Waals surface area contributed by atoms with E-state index in [0.717, 1.165) is 17.9 Å². The number of carbonyl (C=O) groups excluding carboxylic acids is 1. The fourth-order valence-corrected chi connectivity index (χ4v) is 2.51. The molecule has 0 saturated carbocycles. The van der Waals surface area contributed by atoms with Crippen molar-refractivity contribution in [2.45, 2.75) is 6.92 Å². The van der Waals surface area contributed by atoms with Gasteiger partial charge in [0.2, 0.25) is 0 Å². The zero-order chi connectivity index (χ0) is 15.9. The van der Waals surface area contributed by atoms with Crippen LogP contribution in [-0.2, 0) is 4.79 Å². The van der Waals surface area contributed by atoms with Gasteiger partial charge in [0.15, 0.2) is 5.17 Å². The summed E-state index contributed by atoms with van der Waals surface area (Å²) in [4.78, 5) is 16.4. The van der Waals surface area contributed by atoms with E-state index < -0.39 is 5.91 Å². The van der Waals surface area contributed by atoms with Crippen molar-refractivity contribution >= 4 is 28.5 Å². The number of methoxy groups -OCH3 is 1. The van der Waals surface area contributed by atoms with Gasteiger partial charge in [0, 0.05) is 12.0 Å². The van der Waals surface area contributed by atoms with E-state index in [2.05, 4.69) is 15.6 Å². The van der Waals surface area contributed by atoms with E-state index in [1.807, 2.05) is 19.1 Å². The maximum absolute atomic E-state index is 12.2. The largest absolute Gasteiger partial charge is 0.495 e. The van der Waals surface area contributed by atoms with Gasteiger partial charge in [-0.3, -0.25) is 9.79 Å². The Labute approximate surface area is 133 Å². The van der Waals surface area contributed by atoms with E-state index in [-0.39, 0.29) is 5.57 Å². The molecule has 0 atom stereocenters. The second-order valence-electron chi connectivity index (χ2n) is 4.51. The molecule has 0 aliphatic carbocycles. The molecule has 0 radical (unpaired) electrons. The Bertz CT molecular complexity index is 677. The number of hydrogen-bond acceptors (Lipinski definition) is 6. The lowest BCUT2D eigenvalue weighted by Crippen LogP contribution is -2.19. The van der Waals surface area contributed by atoms with Crippen LogP contribution in [0.5, 0.6) is 5.75 Å². The number of carbonyl (C=O) groups is 1. The van der Waals surface area contributed by atoms with Crippen LogP contribution < -0.4 is 15.4 Å². The molecule has 1 amide bonds. The van der Waals surface area contributed by atoms with Gasteiger partial charge in [0.25, 0.3) is 5.91 Å². The third-order valence-electron chi connectivity index (χ3n) is 2.89. The number of thioether (sulfide) groups is 1. The Kier molecular flexibility index (Phi) is 5.44.